The van der Waals surface area contributed by atoms with Crippen molar-refractivity contribution >= 4 is 12.1 Å². The van der Waals surface area contributed by atoms with E-state index in [1.165, 1.54) is 11.2 Å². The predicted molar refractivity (Wildman–Crippen MR) is 39.4 cm³/mol. The summed E-state index contributed by atoms with van der Waals surface area (Å²) in [4.78, 5) is 3.78. The van der Waals surface area contributed by atoms with Gasteiger partial charge in [-0.3, -0.25) is 10.4 Å². The van der Waals surface area contributed by atoms with Gasteiger partial charge < -0.3 is 10.7 Å². The molecule has 0 saturated carbocycles. The Morgan fingerprint density at radius 3 is 2.80 bits per heavy atom. The Morgan fingerprint density at radius 2 is 2.40 bits per heavy atom. The Kier molecular flexibility index (Phi) is 1.68. The summed E-state index contributed by atoms with van der Waals surface area (Å²) in [6.45, 7) is 0. The topological polar surface area (TPSA) is 91.5 Å². The minimum absolute atomic E-state index is 0.00407. The number of nitrogens with two attached hydrogens (primary N) is 2. The lowest BCUT2D eigenvalue weighted by molar-refractivity contribution is 0.403. The van der Waals surface area contributed by atoms with Gasteiger partial charge in [-0.1, -0.05) is 0 Å². The van der Waals surface area contributed by atoms with E-state index in [0.717, 1.165) is 0 Å². The molecule has 1 rings (SSSR count). The Hall–Kier alpha value is -1.36. The summed E-state index contributed by atoms with van der Waals surface area (Å²) in [5.41, 5.74) is 5.19. The monoisotopic (exact) mass is 139 g/mol. The van der Waals surface area contributed by atoms with E-state index in [1.54, 1.807) is 12.4 Å². The third-order valence-electron chi connectivity index (χ3n) is 1.19. The third-order valence-corrected chi connectivity index (χ3v) is 1.19. The van der Waals surface area contributed by atoms with Gasteiger partial charge in [0.05, 0.1) is 0 Å². The molecule has 0 fully saturated rings. The first-order chi connectivity index (χ1) is 4.72. The van der Waals surface area contributed by atoms with Gasteiger partial charge in [0.2, 0.25) is 0 Å². The van der Waals surface area contributed by atoms with Gasteiger partial charge in [0.1, 0.15) is 11.9 Å². The number of aliphatic imine (C=N–C) groups is 1. The van der Waals surface area contributed by atoms with Gasteiger partial charge in [-0.15, -0.1) is 0 Å². The van der Waals surface area contributed by atoms with Crippen LogP contribution < -0.4 is 11.6 Å². The van der Waals surface area contributed by atoms with E-state index in [2.05, 4.69) is 4.99 Å². The van der Waals surface area contributed by atoms with Gasteiger partial charge >= 0.3 is 0 Å². The Bertz CT molecular complexity index is 194. The summed E-state index contributed by atoms with van der Waals surface area (Å²) in [7, 11) is 0. The number of hydrogen-bond donors (Lipinski definition) is 3. The molecule has 0 spiro atoms. The molecule has 0 aromatic rings. The highest BCUT2D eigenvalue weighted by Gasteiger charge is 2.14. The molecule has 0 aromatic carbocycles. The van der Waals surface area contributed by atoms with Crippen LogP contribution in [-0.2, 0) is 0 Å². The molecular weight excluding hydrogens is 130 g/mol. The quantitative estimate of drug-likeness (QED) is 0.248. The van der Waals surface area contributed by atoms with E-state index >= 15 is 0 Å². The van der Waals surface area contributed by atoms with Gasteiger partial charge in [-0.2, -0.15) is 0 Å². The summed E-state index contributed by atoms with van der Waals surface area (Å²) < 4.78 is 0. The molecule has 54 valence electrons. The summed E-state index contributed by atoms with van der Waals surface area (Å²) in [6.07, 6.45) is 4.62. The lowest BCUT2D eigenvalue weighted by atomic mass is 10.3. The lowest BCUT2D eigenvalue weighted by Gasteiger charge is -2.22. The number of nitrogens with one attached hydrogen (secondary N) is 1. The summed E-state index contributed by atoms with van der Waals surface area (Å²) in [5, 5.41) is 8.38. The van der Waals surface area contributed by atoms with Gasteiger partial charge in [0.25, 0.3) is 0 Å². The van der Waals surface area contributed by atoms with Gasteiger partial charge in [0, 0.05) is 18.6 Å². The number of hydrazine groups is 1. The zero-order valence-corrected chi connectivity index (χ0v) is 5.36. The smallest absolute Gasteiger partial charge is 0.136 e. The van der Waals surface area contributed by atoms with Crippen LogP contribution in [0.2, 0.25) is 0 Å². The van der Waals surface area contributed by atoms with Crippen LogP contribution in [0.15, 0.2) is 17.4 Å². The fourth-order valence-electron chi connectivity index (χ4n) is 0.657. The number of amidine groups is 1. The van der Waals surface area contributed by atoms with Crippen LogP contribution in [0.3, 0.4) is 0 Å². The fraction of sp³-hybridized carbons (Fsp3) is 0.200. The van der Waals surface area contributed by atoms with Crippen molar-refractivity contribution in [2.75, 3.05) is 0 Å². The van der Waals surface area contributed by atoms with Crippen molar-refractivity contribution in [2.45, 2.75) is 6.04 Å². The van der Waals surface area contributed by atoms with Crippen LogP contribution in [0.4, 0.5) is 0 Å². The van der Waals surface area contributed by atoms with Gasteiger partial charge in [0.15, 0.2) is 0 Å². The zero-order valence-electron chi connectivity index (χ0n) is 5.36. The van der Waals surface area contributed by atoms with Crippen LogP contribution in [0.1, 0.15) is 0 Å². The molecule has 0 aromatic heterocycles. The van der Waals surface area contributed by atoms with Crippen molar-refractivity contribution in [1.29, 1.82) is 5.41 Å². The maximum absolute atomic E-state index is 7.05. The maximum atomic E-state index is 7.05. The first-order valence-corrected chi connectivity index (χ1v) is 2.79. The molecule has 0 radical (unpaired) electrons. The van der Waals surface area contributed by atoms with E-state index in [1.807, 2.05) is 0 Å². The summed E-state index contributed by atoms with van der Waals surface area (Å²) in [6, 6.07) is -0.384. The SMILES string of the molecule is N=C(N)C1C=NC=CN1N. The summed E-state index contributed by atoms with van der Waals surface area (Å²) in [5.74, 6) is 5.41. The van der Waals surface area contributed by atoms with Crippen LogP contribution in [0.5, 0.6) is 0 Å². The minimum atomic E-state index is -0.384. The normalized spacial score (nSPS) is 23.3. The highest BCUT2D eigenvalue weighted by molar-refractivity contribution is 5.98. The zero-order chi connectivity index (χ0) is 7.56. The van der Waals surface area contributed by atoms with Crippen LogP contribution in [-0.4, -0.2) is 23.1 Å². The molecule has 1 heterocycles. The van der Waals surface area contributed by atoms with E-state index in [9.17, 15) is 0 Å². The molecule has 5 nitrogen and oxygen atoms in total. The van der Waals surface area contributed by atoms with E-state index in [0.29, 0.717) is 0 Å². The summed E-state index contributed by atoms with van der Waals surface area (Å²) >= 11 is 0. The number of rotatable bonds is 1. The van der Waals surface area contributed by atoms with E-state index in [-0.39, 0.29) is 11.9 Å². The van der Waals surface area contributed by atoms with Crippen molar-refractivity contribution < 1.29 is 0 Å². The second-order valence-electron chi connectivity index (χ2n) is 1.94. The molecule has 0 amide bonds. The molecule has 10 heavy (non-hydrogen) atoms. The highest BCUT2D eigenvalue weighted by atomic mass is 15.4. The van der Waals surface area contributed by atoms with Crippen molar-refractivity contribution in [3.8, 4) is 0 Å². The molecule has 0 bridgehead atoms. The second-order valence-corrected chi connectivity index (χ2v) is 1.94. The van der Waals surface area contributed by atoms with Gasteiger partial charge in [-0.05, 0) is 0 Å². The Labute approximate surface area is 58.5 Å². The van der Waals surface area contributed by atoms with Crippen molar-refractivity contribution in [3.63, 3.8) is 0 Å². The molecule has 1 aliphatic heterocycles. The standard InChI is InChI=1S/C5H9N5/c6-5(7)4-3-9-1-2-10(4)8/h1-4H,8H2,(H3,6,7). The van der Waals surface area contributed by atoms with Gasteiger partial charge in [-0.25, -0.2) is 5.84 Å². The highest BCUT2D eigenvalue weighted by Crippen LogP contribution is 1.96. The average Bonchev–Trinajstić information content (AvgIpc) is 1.88. The first kappa shape index (κ1) is 6.76. The van der Waals surface area contributed by atoms with Crippen molar-refractivity contribution in [3.05, 3.63) is 12.4 Å². The Balaban J connectivity index is 2.70. The molecular formula is C5H9N5. The van der Waals surface area contributed by atoms with Crippen LogP contribution in [0.25, 0.3) is 0 Å². The molecule has 0 saturated heterocycles. The number of hydrogen-bond acceptors (Lipinski definition) is 4. The second kappa shape index (κ2) is 2.49. The molecule has 5 heteroatoms. The first-order valence-electron chi connectivity index (χ1n) is 2.79. The largest absolute Gasteiger partial charge is 0.386 e. The number of nitrogens with zero attached hydrogens (tertiary/aromatic N) is 2. The molecule has 1 aliphatic rings. The molecule has 5 N–H and O–H groups in total. The average molecular weight is 139 g/mol. The predicted octanol–water partition coefficient (Wildman–Crippen LogP) is -0.978. The molecule has 0 aliphatic carbocycles. The van der Waals surface area contributed by atoms with Crippen LogP contribution in [0, 0.1) is 5.41 Å². The maximum Gasteiger partial charge on any atom is 0.136 e. The molecule has 1 atom stereocenters. The van der Waals surface area contributed by atoms with Crippen LogP contribution >= 0.6 is 0 Å². The minimum Gasteiger partial charge on any atom is -0.386 e. The third kappa shape index (κ3) is 1.14. The Morgan fingerprint density at radius 1 is 1.70 bits per heavy atom. The lowest BCUT2D eigenvalue weighted by Crippen LogP contribution is -2.47. The fourth-order valence-corrected chi connectivity index (χ4v) is 0.657. The van der Waals surface area contributed by atoms with Crippen molar-refractivity contribution in [1.82, 2.24) is 5.01 Å². The van der Waals surface area contributed by atoms with Crippen molar-refractivity contribution in [2.24, 2.45) is 16.6 Å². The van der Waals surface area contributed by atoms with E-state index in [4.69, 9.17) is 17.0 Å². The van der Waals surface area contributed by atoms with E-state index < -0.39 is 0 Å². The molecule has 1 unspecified atom stereocenters.